The number of fused-ring (bicyclic) bond motifs is 1. The number of hydrogen-bond donors (Lipinski definition) is 1. The Morgan fingerprint density at radius 2 is 2.23 bits per heavy atom. The molecule has 1 N–H and O–H groups in total. The molecule has 6 heteroatoms. The van der Waals surface area contributed by atoms with E-state index in [0.29, 0.717) is 0 Å². The molecule has 1 unspecified atom stereocenters. The minimum atomic E-state index is 0.155. The molecule has 3 heterocycles. The van der Waals surface area contributed by atoms with Gasteiger partial charge in [-0.1, -0.05) is 12.2 Å². The Labute approximate surface area is 133 Å². The van der Waals surface area contributed by atoms with Crippen LogP contribution < -0.4 is 10.2 Å². The van der Waals surface area contributed by atoms with E-state index in [1.807, 2.05) is 11.4 Å². The highest BCUT2D eigenvalue weighted by Gasteiger charge is 2.32. The van der Waals surface area contributed by atoms with Gasteiger partial charge in [0, 0.05) is 19.0 Å². The van der Waals surface area contributed by atoms with Crippen LogP contribution in [0.25, 0.3) is 10.2 Å². The molecule has 0 aromatic carbocycles. The van der Waals surface area contributed by atoms with Crippen molar-refractivity contribution in [2.75, 3.05) is 18.0 Å². The molecule has 2 aromatic heterocycles. The number of allylic oxidation sites excluding steroid dienone is 2. The quantitative estimate of drug-likeness (QED) is 0.884. The van der Waals surface area contributed by atoms with Crippen LogP contribution in [0.1, 0.15) is 19.3 Å². The largest absolute Gasteiger partial charge is 0.351 e. The number of nitrogens with one attached hydrogen (secondary N) is 1. The second kappa shape index (κ2) is 5.68. The van der Waals surface area contributed by atoms with Gasteiger partial charge in [-0.15, -0.1) is 11.3 Å². The zero-order valence-electron chi connectivity index (χ0n) is 12.2. The van der Waals surface area contributed by atoms with Gasteiger partial charge in [0.15, 0.2) is 0 Å². The second-order valence-corrected chi connectivity index (χ2v) is 6.84. The number of nitrogens with zero attached hydrogens (tertiary/aromatic N) is 3. The Bertz CT molecular complexity index is 720. The van der Waals surface area contributed by atoms with Gasteiger partial charge in [-0.3, -0.25) is 4.79 Å². The number of carbonyl (C=O) groups excluding carboxylic acids is 1. The predicted molar refractivity (Wildman–Crippen MR) is 88.0 cm³/mol. The first kappa shape index (κ1) is 13.7. The number of aromatic nitrogens is 2. The topological polar surface area (TPSA) is 58.1 Å². The first-order valence-electron chi connectivity index (χ1n) is 7.70. The van der Waals surface area contributed by atoms with Gasteiger partial charge in [0.1, 0.15) is 12.1 Å². The highest BCUT2D eigenvalue weighted by molar-refractivity contribution is 7.17. The maximum absolute atomic E-state index is 12.2. The van der Waals surface area contributed by atoms with Crippen molar-refractivity contribution in [1.29, 1.82) is 0 Å². The third-order valence-electron chi connectivity index (χ3n) is 4.39. The van der Waals surface area contributed by atoms with E-state index < -0.39 is 0 Å². The molecule has 1 aliphatic carbocycles. The molecule has 114 valence electrons. The van der Waals surface area contributed by atoms with Gasteiger partial charge in [-0.2, -0.15) is 0 Å². The van der Waals surface area contributed by atoms with E-state index in [9.17, 15) is 4.79 Å². The lowest BCUT2D eigenvalue weighted by molar-refractivity contribution is -0.126. The summed E-state index contributed by atoms with van der Waals surface area (Å²) in [5, 5.41) is 5.21. The number of amides is 1. The molecular weight excluding hydrogens is 296 g/mol. The zero-order valence-corrected chi connectivity index (χ0v) is 13.1. The first-order valence-corrected chi connectivity index (χ1v) is 8.58. The second-order valence-electron chi connectivity index (χ2n) is 5.92. The third-order valence-corrected chi connectivity index (χ3v) is 5.29. The van der Waals surface area contributed by atoms with Gasteiger partial charge in [0.25, 0.3) is 0 Å². The highest BCUT2D eigenvalue weighted by atomic mass is 32.1. The average molecular weight is 314 g/mol. The number of rotatable bonds is 3. The number of anilines is 1. The van der Waals surface area contributed by atoms with E-state index in [1.54, 1.807) is 17.7 Å². The summed E-state index contributed by atoms with van der Waals surface area (Å²) in [5.41, 5.74) is 0.997. The maximum Gasteiger partial charge on any atom is 0.223 e. The van der Waals surface area contributed by atoms with Crippen molar-refractivity contribution >= 4 is 33.3 Å². The first-order chi connectivity index (χ1) is 10.8. The molecule has 1 amide bonds. The normalized spacial score (nSPS) is 21.8. The summed E-state index contributed by atoms with van der Waals surface area (Å²) in [5.74, 6) is 1.35. The summed E-state index contributed by atoms with van der Waals surface area (Å²) < 4.78 is 1.13. The Balaban J connectivity index is 1.37. The van der Waals surface area contributed by atoms with Crippen LogP contribution in [0.4, 0.5) is 5.82 Å². The van der Waals surface area contributed by atoms with E-state index in [0.717, 1.165) is 48.4 Å². The Morgan fingerprint density at radius 3 is 3.05 bits per heavy atom. The van der Waals surface area contributed by atoms with Crippen molar-refractivity contribution in [3.8, 4) is 0 Å². The molecule has 2 aliphatic rings. The van der Waals surface area contributed by atoms with E-state index >= 15 is 0 Å². The van der Waals surface area contributed by atoms with Crippen molar-refractivity contribution in [1.82, 2.24) is 15.3 Å². The smallest absolute Gasteiger partial charge is 0.223 e. The molecule has 0 saturated carbocycles. The van der Waals surface area contributed by atoms with E-state index in [2.05, 4.69) is 32.3 Å². The number of hydrogen-bond acceptors (Lipinski definition) is 5. The Hall–Kier alpha value is -1.95. The van der Waals surface area contributed by atoms with Crippen molar-refractivity contribution in [3.63, 3.8) is 0 Å². The zero-order chi connectivity index (χ0) is 14.9. The van der Waals surface area contributed by atoms with Crippen LogP contribution in [0.2, 0.25) is 0 Å². The summed E-state index contributed by atoms with van der Waals surface area (Å²) >= 11 is 1.67. The lowest BCUT2D eigenvalue weighted by atomic mass is 9.93. The van der Waals surface area contributed by atoms with E-state index in [1.165, 1.54) is 0 Å². The molecule has 0 bridgehead atoms. The van der Waals surface area contributed by atoms with Crippen molar-refractivity contribution in [2.45, 2.75) is 25.3 Å². The lowest BCUT2D eigenvalue weighted by Gasteiger charge is -2.41. The van der Waals surface area contributed by atoms with Crippen molar-refractivity contribution < 1.29 is 4.79 Å². The maximum atomic E-state index is 12.2. The van der Waals surface area contributed by atoms with Gasteiger partial charge >= 0.3 is 0 Å². The molecule has 0 spiro atoms. The summed E-state index contributed by atoms with van der Waals surface area (Å²) in [6.45, 7) is 1.66. The van der Waals surface area contributed by atoms with E-state index in [-0.39, 0.29) is 17.9 Å². The highest BCUT2D eigenvalue weighted by Crippen LogP contribution is 2.30. The van der Waals surface area contributed by atoms with Crippen LogP contribution in [0.15, 0.2) is 29.9 Å². The number of thiophene rings is 1. The van der Waals surface area contributed by atoms with Gasteiger partial charge in [-0.05, 0) is 30.7 Å². The minimum Gasteiger partial charge on any atom is -0.351 e. The molecule has 2 aromatic rings. The van der Waals surface area contributed by atoms with Crippen molar-refractivity contribution in [3.05, 3.63) is 29.9 Å². The molecule has 4 rings (SSSR count). The van der Waals surface area contributed by atoms with Crippen molar-refractivity contribution in [2.24, 2.45) is 5.92 Å². The summed E-state index contributed by atoms with van der Waals surface area (Å²) in [4.78, 5) is 23.1. The van der Waals surface area contributed by atoms with Crippen LogP contribution in [0.3, 0.4) is 0 Å². The van der Waals surface area contributed by atoms with Gasteiger partial charge in [0.05, 0.1) is 16.3 Å². The van der Waals surface area contributed by atoms with Gasteiger partial charge < -0.3 is 10.2 Å². The standard InChI is InChI=1S/C16H18N4OS/c21-16(11-4-2-1-3-5-11)19-12-8-20(9-12)15-14-13(6-7-22-14)17-10-18-15/h1-2,6-7,10-12H,3-5,8-9H2,(H,19,21). The Morgan fingerprint density at radius 1 is 1.32 bits per heavy atom. The monoisotopic (exact) mass is 314 g/mol. The van der Waals surface area contributed by atoms with Crippen LogP contribution in [0, 0.1) is 5.92 Å². The molecular formula is C16H18N4OS. The minimum absolute atomic E-state index is 0.155. The predicted octanol–water partition coefficient (Wildman–Crippen LogP) is 2.35. The molecule has 1 aliphatic heterocycles. The summed E-state index contributed by atoms with van der Waals surface area (Å²) in [7, 11) is 0. The average Bonchev–Trinajstić information content (AvgIpc) is 3.00. The molecule has 1 fully saturated rings. The van der Waals surface area contributed by atoms with Gasteiger partial charge in [-0.25, -0.2) is 9.97 Å². The summed E-state index contributed by atoms with van der Waals surface area (Å²) in [6.07, 6.45) is 8.77. The molecule has 0 radical (unpaired) electrons. The SMILES string of the molecule is O=C(NC1CN(c2ncnc3ccsc23)C1)C1CC=CCC1. The molecule has 1 atom stereocenters. The molecule has 22 heavy (non-hydrogen) atoms. The van der Waals surface area contributed by atoms with Crippen LogP contribution in [-0.2, 0) is 4.79 Å². The van der Waals surface area contributed by atoms with Gasteiger partial charge in [0.2, 0.25) is 5.91 Å². The molecule has 1 saturated heterocycles. The third kappa shape index (κ3) is 2.47. The number of carbonyl (C=O) groups is 1. The fraction of sp³-hybridized carbons (Fsp3) is 0.438. The fourth-order valence-electron chi connectivity index (χ4n) is 3.09. The Kier molecular flexibility index (Phi) is 3.54. The molecule has 5 nitrogen and oxygen atoms in total. The summed E-state index contributed by atoms with van der Waals surface area (Å²) in [6, 6.07) is 2.25. The fourth-order valence-corrected chi connectivity index (χ4v) is 3.96. The van der Waals surface area contributed by atoms with Crippen LogP contribution in [-0.4, -0.2) is 35.0 Å². The van der Waals surface area contributed by atoms with E-state index in [4.69, 9.17) is 0 Å². The lowest BCUT2D eigenvalue weighted by Crippen LogP contribution is -2.60. The van der Waals surface area contributed by atoms with Crippen LogP contribution in [0.5, 0.6) is 0 Å². The van der Waals surface area contributed by atoms with Crippen LogP contribution >= 0.6 is 11.3 Å².